The number of thiocarbonyl (C=S) groups is 1. The second-order valence-electron chi connectivity index (χ2n) is 4.02. The standard InChI is InChI=1S/C14H10BrClN2OS/c15-9-4-5-11(13(17)20)12(7-9)18-14(19)8-2-1-3-10(16)6-8/h1-7H,(H2,17,20)(H,18,19). The van der Waals surface area contributed by atoms with E-state index in [0.29, 0.717) is 21.8 Å². The van der Waals surface area contributed by atoms with E-state index >= 15 is 0 Å². The van der Waals surface area contributed by atoms with Crippen LogP contribution in [0.3, 0.4) is 0 Å². The summed E-state index contributed by atoms with van der Waals surface area (Å²) in [6.07, 6.45) is 0. The largest absolute Gasteiger partial charge is 0.389 e. The molecule has 0 saturated carbocycles. The summed E-state index contributed by atoms with van der Waals surface area (Å²) in [4.78, 5) is 12.4. The van der Waals surface area contributed by atoms with Crippen molar-refractivity contribution in [3.05, 3.63) is 63.1 Å². The predicted octanol–water partition coefficient (Wildman–Crippen LogP) is 3.99. The monoisotopic (exact) mass is 368 g/mol. The summed E-state index contributed by atoms with van der Waals surface area (Å²) >= 11 is 14.2. The summed E-state index contributed by atoms with van der Waals surface area (Å²) in [5.41, 5.74) is 7.27. The van der Waals surface area contributed by atoms with Gasteiger partial charge in [0.05, 0.1) is 5.69 Å². The molecular weight excluding hydrogens is 360 g/mol. The van der Waals surface area contributed by atoms with E-state index in [1.54, 1.807) is 36.4 Å². The lowest BCUT2D eigenvalue weighted by Gasteiger charge is -2.11. The Morgan fingerprint density at radius 2 is 2.00 bits per heavy atom. The van der Waals surface area contributed by atoms with Gasteiger partial charge in [-0.1, -0.05) is 45.8 Å². The molecule has 1 amide bonds. The number of rotatable bonds is 3. The summed E-state index contributed by atoms with van der Waals surface area (Å²) < 4.78 is 0.818. The lowest BCUT2D eigenvalue weighted by atomic mass is 10.1. The van der Waals surface area contributed by atoms with Crippen LogP contribution in [0.25, 0.3) is 0 Å². The van der Waals surface area contributed by atoms with Crippen LogP contribution in [0.4, 0.5) is 5.69 Å². The quantitative estimate of drug-likeness (QED) is 0.804. The van der Waals surface area contributed by atoms with Crippen LogP contribution in [0.15, 0.2) is 46.9 Å². The first-order valence-electron chi connectivity index (χ1n) is 5.63. The minimum absolute atomic E-state index is 0.221. The molecule has 0 saturated heterocycles. The summed E-state index contributed by atoms with van der Waals surface area (Å²) in [6.45, 7) is 0. The SMILES string of the molecule is NC(=S)c1ccc(Br)cc1NC(=O)c1cccc(Cl)c1. The number of nitrogens with one attached hydrogen (secondary N) is 1. The van der Waals surface area contributed by atoms with Gasteiger partial charge in [0.1, 0.15) is 4.99 Å². The molecule has 0 aliphatic heterocycles. The minimum Gasteiger partial charge on any atom is -0.389 e. The number of amides is 1. The molecule has 2 aromatic rings. The molecular formula is C14H10BrClN2OS. The summed E-state index contributed by atoms with van der Waals surface area (Å²) in [5, 5.41) is 3.28. The van der Waals surface area contributed by atoms with Crippen molar-refractivity contribution in [1.82, 2.24) is 0 Å². The maximum atomic E-state index is 12.2. The van der Waals surface area contributed by atoms with Crippen molar-refractivity contribution in [2.45, 2.75) is 0 Å². The maximum Gasteiger partial charge on any atom is 0.255 e. The van der Waals surface area contributed by atoms with E-state index in [1.807, 2.05) is 6.07 Å². The highest BCUT2D eigenvalue weighted by atomic mass is 79.9. The average molecular weight is 370 g/mol. The van der Waals surface area contributed by atoms with E-state index in [4.69, 9.17) is 29.6 Å². The molecule has 2 rings (SSSR count). The fourth-order valence-electron chi connectivity index (χ4n) is 1.66. The van der Waals surface area contributed by atoms with Gasteiger partial charge in [0, 0.05) is 20.6 Å². The Balaban J connectivity index is 2.32. The van der Waals surface area contributed by atoms with Crippen molar-refractivity contribution in [3.8, 4) is 0 Å². The molecule has 0 unspecified atom stereocenters. The smallest absolute Gasteiger partial charge is 0.255 e. The first-order valence-corrected chi connectivity index (χ1v) is 7.21. The molecule has 3 nitrogen and oxygen atoms in total. The predicted molar refractivity (Wildman–Crippen MR) is 89.4 cm³/mol. The van der Waals surface area contributed by atoms with E-state index in [1.165, 1.54) is 0 Å². The summed E-state index contributed by atoms with van der Waals surface area (Å²) in [7, 11) is 0. The Kier molecular flexibility index (Phi) is 4.75. The van der Waals surface area contributed by atoms with Gasteiger partial charge in [0.25, 0.3) is 5.91 Å². The summed E-state index contributed by atoms with van der Waals surface area (Å²) in [6, 6.07) is 12.0. The number of hydrogen-bond donors (Lipinski definition) is 2. The van der Waals surface area contributed by atoms with Gasteiger partial charge in [0.15, 0.2) is 0 Å². The Hall–Kier alpha value is -1.43. The minimum atomic E-state index is -0.275. The first kappa shape index (κ1) is 15.0. The van der Waals surface area contributed by atoms with Crippen LogP contribution in [0.2, 0.25) is 5.02 Å². The molecule has 0 heterocycles. The van der Waals surface area contributed by atoms with Gasteiger partial charge in [-0.25, -0.2) is 0 Å². The molecule has 0 aliphatic rings. The third-order valence-electron chi connectivity index (χ3n) is 2.58. The van der Waals surface area contributed by atoms with Crippen LogP contribution >= 0.6 is 39.7 Å². The van der Waals surface area contributed by atoms with Crippen LogP contribution in [0.1, 0.15) is 15.9 Å². The zero-order valence-electron chi connectivity index (χ0n) is 10.2. The van der Waals surface area contributed by atoms with Crippen molar-refractivity contribution < 1.29 is 4.79 Å². The second kappa shape index (κ2) is 6.35. The third kappa shape index (κ3) is 3.56. The van der Waals surface area contributed by atoms with E-state index in [9.17, 15) is 4.79 Å². The number of anilines is 1. The molecule has 0 aliphatic carbocycles. The fraction of sp³-hybridized carbons (Fsp3) is 0. The molecule has 0 aromatic heterocycles. The van der Waals surface area contributed by atoms with Crippen LogP contribution in [0.5, 0.6) is 0 Å². The van der Waals surface area contributed by atoms with Gasteiger partial charge in [-0.15, -0.1) is 0 Å². The summed E-state index contributed by atoms with van der Waals surface area (Å²) in [5.74, 6) is -0.275. The highest BCUT2D eigenvalue weighted by Crippen LogP contribution is 2.22. The van der Waals surface area contributed by atoms with E-state index in [-0.39, 0.29) is 10.9 Å². The highest BCUT2D eigenvalue weighted by Gasteiger charge is 2.11. The van der Waals surface area contributed by atoms with E-state index in [0.717, 1.165) is 4.47 Å². The lowest BCUT2D eigenvalue weighted by Crippen LogP contribution is -2.17. The first-order chi connectivity index (χ1) is 9.47. The number of hydrogen-bond acceptors (Lipinski definition) is 2. The topological polar surface area (TPSA) is 55.1 Å². The van der Waals surface area contributed by atoms with Gasteiger partial charge < -0.3 is 11.1 Å². The number of carbonyl (C=O) groups excluding carboxylic acids is 1. The van der Waals surface area contributed by atoms with Crippen molar-refractivity contribution in [2.75, 3.05) is 5.32 Å². The van der Waals surface area contributed by atoms with Gasteiger partial charge in [-0.05, 0) is 36.4 Å². The average Bonchev–Trinajstić information content (AvgIpc) is 2.38. The molecule has 0 spiro atoms. The molecule has 20 heavy (non-hydrogen) atoms. The molecule has 0 atom stereocenters. The third-order valence-corrected chi connectivity index (χ3v) is 3.53. The number of halogens is 2. The van der Waals surface area contributed by atoms with Gasteiger partial charge in [-0.3, -0.25) is 4.79 Å². The van der Waals surface area contributed by atoms with Crippen LogP contribution in [-0.2, 0) is 0 Å². The maximum absolute atomic E-state index is 12.2. The van der Waals surface area contributed by atoms with Crippen molar-refractivity contribution in [2.24, 2.45) is 5.73 Å². The molecule has 0 radical (unpaired) electrons. The number of nitrogens with two attached hydrogens (primary N) is 1. The normalized spacial score (nSPS) is 10.1. The van der Waals surface area contributed by atoms with Crippen LogP contribution in [-0.4, -0.2) is 10.9 Å². The molecule has 0 fully saturated rings. The highest BCUT2D eigenvalue weighted by molar-refractivity contribution is 9.10. The van der Waals surface area contributed by atoms with E-state index < -0.39 is 0 Å². The van der Waals surface area contributed by atoms with Gasteiger partial charge in [0.2, 0.25) is 0 Å². The van der Waals surface area contributed by atoms with Gasteiger partial charge in [-0.2, -0.15) is 0 Å². The lowest BCUT2D eigenvalue weighted by molar-refractivity contribution is 0.102. The molecule has 6 heteroatoms. The fourth-order valence-corrected chi connectivity index (χ4v) is 2.39. The molecule has 2 aromatic carbocycles. The second-order valence-corrected chi connectivity index (χ2v) is 5.81. The molecule has 102 valence electrons. The Morgan fingerprint density at radius 1 is 1.25 bits per heavy atom. The Bertz CT molecular complexity index is 691. The van der Waals surface area contributed by atoms with Crippen molar-refractivity contribution >= 4 is 56.3 Å². The number of carbonyl (C=O) groups is 1. The Morgan fingerprint density at radius 3 is 2.65 bits per heavy atom. The Labute approximate surface area is 135 Å². The zero-order chi connectivity index (χ0) is 14.7. The van der Waals surface area contributed by atoms with Crippen molar-refractivity contribution in [1.29, 1.82) is 0 Å². The zero-order valence-corrected chi connectivity index (χ0v) is 13.3. The van der Waals surface area contributed by atoms with Crippen LogP contribution in [0, 0.1) is 0 Å². The number of benzene rings is 2. The van der Waals surface area contributed by atoms with Crippen molar-refractivity contribution in [3.63, 3.8) is 0 Å². The van der Waals surface area contributed by atoms with E-state index in [2.05, 4.69) is 21.2 Å². The van der Waals surface area contributed by atoms with Gasteiger partial charge >= 0.3 is 0 Å². The molecule has 0 bridgehead atoms. The van der Waals surface area contributed by atoms with Crippen LogP contribution < -0.4 is 11.1 Å². The molecule has 3 N–H and O–H groups in total.